The van der Waals surface area contributed by atoms with Crippen molar-refractivity contribution in [2.45, 2.75) is 70.7 Å². The van der Waals surface area contributed by atoms with E-state index in [0.717, 1.165) is 29.6 Å². The number of aromatic nitrogens is 2. The summed E-state index contributed by atoms with van der Waals surface area (Å²) in [5.41, 5.74) is 2.27. The number of aryl methyl sites for hydroxylation is 1. The van der Waals surface area contributed by atoms with E-state index >= 15 is 0 Å². The number of hydrogen-bond donors (Lipinski definition) is 0. The van der Waals surface area contributed by atoms with Gasteiger partial charge in [-0.2, -0.15) is 0 Å². The molecule has 0 aliphatic carbocycles. The van der Waals surface area contributed by atoms with E-state index in [1.54, 1.807) is 47.4 Å². The maximum atomic E-state index is 13.8. The topological polar surface area (TPSA) is 106 Å². The lowest BCUT2D eigenvalue weighted by Crippen LogP contribution is -2.47. The number of amides is 3. The van der Waals surface area contributed by atoms with Crippen LogP contribution in [0.2, 0.25) is 0 Å². The van der Waals surface area contributed by atoms with Gasteiger partial charge < -0.3 is 19.3 Å². The van der Waals surface area contributed by atoms with Crippen molar-refractivity contribution in [2.75, 3.05) is 32.1 Å². The van der Waals surface area contributed by atoms with E-state index in [2.05, 4.69) is 4.90 Å². The molecule has 2 aromatic carbocycles. The molecule has 1 atom stereocenters. The Bertz CT molecular complexity index is 1580. The fourth-order valence-electron chi connectivity index (χ4n) is 6.09. The Kier molecular flexibility index (Phi) is 8.27. The van der Waals surface area contributed by atoms with Gasteiger partial charge in [0.2, 0.25) is 5.91 Å². The van der Waals surface area contributed by atoms with Crippen LogP contribution in [0.4, 0.5) is 10.5 Å². The Balaban J connectivity index is 1.38. The summed E-state index contributed by atoms with van der Waals surface area (Å²) < 4.78 is 13.9. The molecule has 0 N–H and O–H groups in total. The van der Waals surface area contributed by atoms with Gasteiger partial charge in [-0.1, -0.05) is 18.2 Å². The Morgan fingerprint density at radius 2 is 1.67 bits per heavy atom. The molecule has 2 saturated heterocycles. The summed E-state index contributed by atoms with van der Waals surface area (Å²) in [6.45, 7) is 7.10. The van der Waals surface area contributed by atoms with E-state index in [1.165, 1.54) is 4.90 Å². The second-order valence-corrected chi connectivity index (χ2v) is 12.4. The summed E-state index contributed by atoms with van der Waals surface area (Å²) >= 11 is 0. The van der Waals surface area contributed by atoms with Gasteiger partial charge in [0.1, 0.15) is 17.4 Å². The highest BCUT2D eigenvalue weighted by Crippen LogP contribution is 2.33. The number of anilines is 1. The van der Waals surface area contributed by atoms with Crippen molar-refractivity contribution in [3.05, 3.63) is 58.5 Å². The largest absolute Gasteiger partial charge is 0.497 e. The molecule has 0 spiro atoms. The molecule has 2 aliphatic heterocycles. The van der Waals surface area contributed by atoms with Crippen molar-refractivity contribution >= 4 is 34.6 Å². The molecular weight excluding hydrogens is 550 g/mol. The number of imidazole rings is 1. The molecule has 43 heavy (non-hydrogen) atoms. The first kappa shape index (κ1) is 30.2. The molecule has 0 saturated carbocycles. The van der Waals surface area contributed by atoms with Crippen LogP contribution in [-0.2, 0) is 27.9 Å². The monoisotopic (exact) mass is 591 g/mol. The van der Waals surface area contributed by atoms with E-state index in [1.807, 2.05) is 51.1 Å². The maximum absolute atomic E-state index is 13.8. The number of hydrogen-bond acceptors (Lipinski definition) is 7. The summed E-state index contributed by atoms with van der Waals surface area (Å²) in [6, 6.07) is 12.3. The molecule has 3 heterocycles. The number of ether oxygens (including phenoxy) is 2. The predicted octanol–water partition coefficient (Wildman–Crippen LogP) is 4.07. The Hall–Kier alpha value is -4.28. The quantitative estimate of drug-likeness (QED) is 0.398. The van der Waals surface area contributed by atoms with Crippen LogP contribution < -0.4 is 15.3 Å². The summed E-state index contributed by atoms with van der Waals surface area (Å²) in [5, 5.41) is 0. The summed E-state index contributed by atoms with van der Waals surface area (Å²) in [7, 11) is 5.09. The molecule has 11 nitrogen and oxygen atoms in total. The zero-order valence-corrected chi connectivity index (χ0v) is 25.8. The standard InChI is InChI=1S/C32H41N5O6/c1-32(2,3)43-31(41)33(4)22-16-18-35(19-17-22)24-8-7-9-25-28(24)34(5)30(40)37(25)26-14-15-27(38)36(29(26)39)20-21-10-12-23(42-6)13-11-21/h7-13,22,26H,14-20H2,1-6H3. The number of benzene rings is 2. The molecule has 5 rings (SSSR count). The molecule has 3 amide bonds. The van der Waals surface area contributed by atoms with Gasteiger partial charge in [0.25, 0.3) is 5.91 Å². The van der Waals surface area contributed by atoms with Crippen molar-refractivity contribution in [1.29, 1.82) is 0 Å². The van der Waals surface area contributed by atoms with Crippen LogP contribution in [0.5, 0.6) is 5.75 Å². The second kappa shape index (κ2) is 11.8. The number of carbonyl (C=O) groups is 3. The van der Waals surface area contributed by atoms with Gasteiger partial charge in [-0.25, -0.2) is 9.59 Å². The minimum absolute atomic E-state index is 0.0489. The lowest BCUT2D eigenvalue weighted by molar-refractivity contribution is -0.151. The van der Waals surface area contributed by atoms with Gasteiger partial charge in [0, 0.05) is 39.6 Å². The molecule has 3 aromatic rings. The molecule has 11 heteroatoms. The number of likely N-dealkylation sites (tertiary alicyclic amines) is 1. The van der Waals surface area contributed by atoms with Gasteiger partial charge in [-0.15, -0.1) is 0 Å². The van der Waals surface area contributed by atoms with Crippen molar-refractivity contribution in [3.8, 4) is 5.75 Å². The maximum Gasteiger partial charge on any atom is 0.410 e. The number of para-hydroxylation sites is 1. The average Bonchev–Trinajstić information content (AvgIpc) is 3.24. The lowest BCUT2D eigenvalue weighted by atomic mass is 10.0. The second-order valence-electron chi connectivity index (χ2n) is 12.4. The van der Waals surface area contributed by atoms with Crippen molar-refractivity contribution in [2.24, 2.45) is 7.05 Å². The van der Waals surface area contributed by atoms with E-state index in [9.17, 15) is 19.2 Å². The van der Waals surface area contributed by atoms with Crippen LogP contribution in [0.15, 0.2) is 47.3 Å². The Labute approximate surface area is 251 Å². The first-order valence-corrected chi connectivity index (χ1v) is 14.8. The van der Waals surface area contributed by atoms with Crippen LogP contribution in [0, 0.1) is 0 Å². The van der Waals surface area contributed by atoms with Crippen molar-refractivity contribution < 1.29 is 23.9 Å². The Morgan fingerprint density at radius 1 is 1.00 bits per heavy atom. The highest BCUT2D eigenvalue weighted by atomic mass is 16.6. The highest BCUT2D eigenvalue weighted by Gasteiger charge is 2.38. The van der Waals surface area contributed by atoms with Gasteiger partial charge in [0.15, 0.2) is 0 Å². The normalized spacial score (nSPS) is 18.3. The van der Waals surface area contributed by atoms with Gasteiger partial charge in [-0.3, -0.25) is 23.6 Å². The van der Waals surface area contributed by atoms with Gasteiger partial charge >= 0.3 is 11.8 Å². The highest BCUT2D eigenvalue weighted by molar-refractivity contribution is 6.00. The molecule has 230 valence electrons. The number of methoxy groups -OCH3 is 1. The number of fused-ring (bicyclic) bond motifs is 1. The van der Waals surface area contributed by atoms with Gasteiger partial charge in [0.05, 0.1) is 30.4 Å². The third kappa shape index (κ3) is 5.98. The van der Waals surface area contributed by atoms with Crippen LogP contribution >= 0.6 is 0 Å². The summed E-state index contributed by atoms with van der Waals surface area (Å²) in [4.78, 5) is 58.1. The fraction of sp³-hybridized carbons (Fsp3) is 0.500. The predicted molar refractivity (Wildman–Crippen MR) is 163 cm³/mol. The third-order valence-corrected chi connectivity index (χ3v) is 8.41. The molecule has 0 bridgehead atoms. The molecule has 1 aromatic heterocycles. The SMILES string of the molecule is COc1ccc(CN2C(=O)CCC(n3c(=O)n(C)c4c(N5CCC(N(C)C(=O)OC(C)(C)C)CC5)cccc43)C2=O)cc1. The van der Waals surface area contributed by atoms with E-state index < -0.39 is 11.6 Å². The minimum atomic E-state index is -0.782. The third-order valence-electron chi connectivity index (χ3n) is 8.41. The fourth-order valence-corrected chi connectivity index (χ4v) is 6.09. The number of nitrogens with zero attached hydrogens (tertiary/aromatic N) is 5. The summed E-state index contributed by atoms with van der Waals surface area (Å²) in [6.07, 6.45) is 1.62. The lowest BCUT2D eigenvalue weighted by Gasteiger charge is -2.38. The van der Waals surface area contributed by atoms with E-state index in [0.29, 0.717) is 24.4 Å². The molecule has 1 unspecified atom stereocenters. The van der Waals surface area contributed by atoms with Crippen molar-refractivity contribution in [1.82, 2.24) is 18.9 Å². The molecule has 0 radical (unpaired) electrons. The Morgan fingerprint density at radius 3 is 2.30 bits per heavy atom. The molecule has 2 aliphatic rings. The first-order chi connectivity index (χ1) is 20.4. The van der Waals surface area contributed by atoms with E-state index in [4.69, 9.17) is 9.47 Å². The number of imide groups is 1. The average molecular weight is 592 g/mol. The van der Waals surface area contributed by atoms with Crippen LogP contribution in [-0.4, -0.2) is 75.7 Å². The van der Waals surface area contributed by atoms with E-state index in [-0.39, 0.29) is 49.0 Å². The van der Waals surface area contributed by atoms with Crippen LogP contribution in [0.3, 0.4) is 0 Å². The van der Waals surface area contributed by atoms with Crippen LogP contribution in [0.25, 0.3) is 11.0 Å². The van der Waals surface area contributed by atoms with Crippen molar-refractivity contribution in [3.63, 3.8) is 0 Å². The zero-order valence-electron chi connectivity index (χ0n) is 25.8. The smallest absolute Gasteiger partial charge is 0.410 e. The van der Waals surface area contributed by atoms with Crippen LogP contribution in [0.1, 0.15) is 58.1 Å². The number of piperidine rings is 2. The number of rotatable bonds is 6. The summed E-state index contributed by atoms with van der Waals surface area (Å²) in [5.74, 6) is 0.0682. The number of carbonyl (C=O) groups excluding carboxylic acids is 3. The minimum Gasteiger partial charge on any atom is -0.497 e. The molecular formula is C32H41N5O6. The zero-order chi connectivity index (χ0) is 31.1. The first-order valence-electron chi connectivity index (χ1n) is 14.8. The molecule has 2 fully saturated rings. The van der Waals surface area contributed by atoms with Gasteiger partial charge in [-0.05, 0) is 69.9 Å².